The summed E-state index contributed by atoms with van der Waals surface area (Å²) < 4.78 is 0. The monoisotopic (exact) mass is 498 g/mol. The van der Waals surface area contributed by atoms with Crippen molar-refractivity contribution in [1.82, 2.24) is 15.3 Å². The summed E-state index contributed by atoms with van der Waals surface area (Å²) in [6.07, 6.45) is 1.76. The molecule has 1 saturated heterocycles. The van der Waals surface area contributed by atoms with Crippen LogP contribution in [-0.4, -0.2) is 64.2 Å². The number of nitrogens with zero attached hydrogens (tertiary/aromatic N) is 2. The average Bonchev–Trinajstić information content (AvgIpc) is 3.62. The Morgan fingerprint density at radius 2 is 1.68 bits per heavy atom. The van der Waals surface area contributed by atoms with Gasteiger partial charge in [0.25, 0.3) is 5.91 Å². The van der Waals surface area contributed by atoms with Gasteiger partial charge in [0.1, 0.15) is 5.82 Å². The van der Waals surface area contributed by atoms with Crippen LogP contribution in [0, 0.1) is 0 Å². The van der Waals surface area contributed by atoms with Crippen molar-refractivity contribution in [1.29, 1.82) is 0 Å². The molecule has 1 fully saturated rings. The number of nitrogens with one attached hydrogen (secondary N) is 2. The number of amides is 1. The van der Waals surface area contributed by atoms with Gasteiger partial charge in [-0.05, 0) is 66.9 Å². The van der Waals surface area contributed by atoms with Crippen LogP contribution in [-0.2, 0) is 6.42 Å². The van der Waals surface area contributed by atoms with Gasteiger partial charge in [0.15, 0.2) is 5.78 Å². The minimum absolute atomic E-state index is 0.0184. The zero-order chi connectivity index (χ0) is 25.8. The molecule has 4 aromatic rings. The van der Waals surface area contributed by atoms with Gasteiger partial charge in [-0.15, -0.1) is 0 Å². The first-order valence-electron chi connectivity index (χ1n) is 12.5. The molecule has 1 atom stereocenters. The molecule has 1 aromatic heterocycles. The number of aromatic nitrogens is 2. The number of anilines is 1. The van der Waals surface area contributed by atoms with E-state index < -0.39 is 12.7 Å². The van der Waals surface area contributed by atoms with Crippen molar-refractivity contribution in [3.63, 3.8) is 0 Å². The number of benzene rings is 3. The molecular formula is C29H30N4O4. The number of hydrogen-bond acceptors (Lipinski definition) is 6. The highest BCUT2D eigenvalue weighted by Gasteiger charge is 2.14. The summed E-state index contributed by atoms with van der Waals surface area (Å²) in [6.45, 7) is 1.73. The van der Waals surface area contributed by atoms with Crippen LogP contribution in [0.4, 0.5) is 5.69 Å². The zero-order valence-corrected chi connectivity index (χ0v) is 20.5. The van der Waals surface area contributed by atoms with E-state index in [0.717, 1.165) is 35.2 Å². The number of H-pyrrole nitrogens is 1. The van der Waals surface area contributed by atoms with Crippen molar-refractivity contribution in [3.8, 4) is 11.4 Å². The highest BCUT2D eigenvalue weighted by Crippen LogP contribution is 2.24. The van der Waals surface area contributed by atoms with Gasteiger partial charge < -0.3 is 25.4 Å². The summed E-state index contributed by atoms with van der Waals surface area (Å²) in [5, 5.41) is 20.8. The molecule has 4 N–H and O–H groups in total. The Labute approximate surface area is 215 Å². The number of imidazole rings is 1. The van der Waals surface area contributed by atoms with Gasteiger partial charge in [-0.1, -0.05) is 18.2 Å². The number of aromatic amines is 1. The number of hydrogen-bond donors (Lipinski definition) is 4. The molecule has 3 aromatic carbocycles. The fraction of sp³-hybridized carbons (Fsp3) is 0.276. The van der Waals surface area contributed by atoms with Crippen LogP contribution in [0.3, 0.4) is 0 Å². The second-order valence-corrected chi connectivity index (χ2v) is 9.40. The first-order valence-corrected chi connectivity index (χ1v) is 12.5. The van der Waals surface area contributed by atoms with E-state index in [1.165, 1.54) is 18.5 Å². The molecule has 0 bridgehead atoms. The third-order valence-electron chi connectivity index (χ3n) is 6.70. The number of carbonyl (C=O) groups excluding carboxylic acids is 2. The van der Waals surface area contributed by atoms with Crippen molar-refractivity contribution in [3.05, 3.63) is 83.4 Å². The number of rotatable bonds is 9. The van der Waals surface area contributed by atoms with Gasteiger partial charge in [0, 0.05) is 48.4 Å². The topological polar surface area (TPSA) is 119 Å². The summed E-state index contributed by atoms with van der Waals surface area (Å²) in [7, 11) is 0. The molecule has 2 heterocycles. The number of aliphatic hydroxyl groups is 2. The molecule has 1 aliphatic heterocycles. The van der Waals surface area contributed by atoms with Crippen LogP contribution < -0.4 is 10.2 Å². The van der Waals surface area contributed by atoms with Crippen molar-refractivity contribution >= 4 is 28.4 Å². The second-order valence-electron chi connectivity index (χ2n) is 9.40. The van der Waals surface area contributed by atoms with Gasteiger partial charge in [-0.3, -0.25) is 9.59 Å². The summed E-state index contributed by atoms with van der Waals surface area (Å²) >= 11 is 0. The Morgan fingerprint density at radius 1 is 0.973 bits per heavy atom. The molecule has 0 spiro atoms. The van der Waals surface area contributed by atoms with Crippen LogP contribution in [0.1, 0.15) is 39.1 Å². The normalized spacial score (nSPS) is 14.2. The molecule has 190 valence electrons. The SMILES string of the molecule is O=C(Cc1ccc2nc(-c3ccc(C(=O)NCC(O)CO)cc3)[nH]c2c1)c1ccc(N2CCCC2)cc1. The van der Waals surface area contributed by atoms with Gasteiger partial charge in [-0.2, -0.15) is 0 Å². The Bertz CT molecular complexity index is 1390. The molecule has 37 heavy (non-hydrogen) atoms. The Morgan fingerprint density at radius 3 is 2.38 bits per heavy atom. The Balaban J connectivity index is 1.25. The first kappa shape index (κ1) is 24.7. The van der Waals surface area contributed by atoms with Gasteiger partial charge in [-0.25, -0.2) is 4.98 Å². The maximum absolute atomic E-state index is 12.9. The zero-order valence-electron chi connectivity index (χ0n) is 20.5. The largest absolute Gasteiger partial charge is 0.394 e. The standard InChI is InChI=1S/C29H30N4O4/c34-18-24(35)17-30-29(37)22-6-4-21(5-7-22)28-31-25-12-3-19(15-26(25)32-28)16-27(36)20-8-10-23(11-9-20)33-13-1-2-14-33/h3-12,15,24,34-35H,1-2,13-14,16-18H2,(H,30,37)(H,31,32). The first-order chi connectivity index (χ1) is 18.0. The van der Waals surface area contributed by atoms with E-state index in [9.17, 15) is 14.7 Å². The van der Waals surface area contributed by atoms with Crippen molar-refractivity contribution < 1.29 is 19.8 Å². The Kier molecular flexibility index (Phi) is 7.30. The molecule has 1 unspecified atom stereocenters. The summed E-state index contributed by atoms with van der Waals surface area (Å²) in [5.74, 6) is 0.412. The number of aliphatic hydroxyl groups excluding tert-OH is 2. The highest BCUT2D eigenvalue weighted by molar-refractivity contribution is 5.98. The van der Waals surface area contributed by atoms with E-state index in [1.54, 1.807) is 24.3 Å². The lowest BCUT2D eigenvalue weighted by atomic mass is 10.0. The third kappa shape index (κ3) is 5.71. The summed E-state index contributed by atoms with van der Waals surface area (Å²) in [5.41, 5.74) is 5.69. The molecule has 8 heteroatoms. The molecular weight excluding hydrogens is 468 g/mol. The number of Topliss-reactive ketones (excluding diaryl/α,β-unsaturated/α-hetero) is 1. The van der Waals surface area contributed by atoms with E-state index in [1.807, 2.05) is 42.5 Å². The second kappa shape index (κ2) is 10.9. The smallest absolute Gasteiger partial charge is 0.251 e. The molecule has 1 amide bonds. The molecule has 5 rings (SSSR count). The van der Waals surface area contributed by atoms with E-state index in [-0.39, 0.29) is 18.2 Å². The third-order valence-corrected chi connectivity index (χ3v) is 6.70. The van der Waals surface area contributed by atoms with E-state index >= 15 is 0 Å². The van der Waals surface area contributed by atoms with E-state index in [4.69, 9.17) is 5.11 Å². The minimum atomic E-state index is -0.987. The summed E-state index contributed by atoms with van der Waals surface area (Å²) in [4.78, 5) is 35.4. The molecule has 0 radical (unpaired) electrons. The van der Waals surface area contributed by atoms with Gasteiger partial charge >= 0.3 is 0 Å². The van der Waals surface area contributed by atoms with Crippen molar-refractivity contribution in [2.75, 3.05) is 31.1 Å². The molecule has 0 aliphatic carbocycles. The molecule has 0 saturated carbocycles. The van der Waals surface area contributed by atoms with Crippen molar-refractivity contribution in [2.45, 2.75) is 25.4 Å². The fourth-order valence-corrected chi connectivity index (χ4v) is 4.58. The van der Waals surface area contributed by atoms with Crippen molar-refractivity contribution in [2.24, 2.45) is 0 Å². The minimum Gasteiger partial charge on any atom is -0.394 e. The highest BCUT2D eigenvalue weighted by atomic mass is 16.3. The fourth-order valence-electron chi connectivity index (χ4n) is 4.58. The predicted octanol–water partition coefficient (Wildman–Crippen LogP) is 3.34. The average molecular weight is 499 g/mol. The lowest BCUT2D eigenvalue weighted by molar-refractivity contribution is 0.0802. The lowest BCUT2D eigenvalue weighted by Crippen LogP contribution is -2.33. The quantitative estimate of drug-likeness (QED) is 0.263. The number of carbonyl (C=O) groups is 2. The van der Waals surface area contributed by atoms with Crippen LogP contribution >= 0.6 is 0 Å². The maximum atomic E-state index is 12.9. The molecule has 1 aliphatic rings. The lowest BCUT2D eigenvalue weighted by Gasteiger charge is -2.17. The van der Waals surface area contributed by atoms with E-state index in [2.05, 4.69) is 20.2 Å². The van der Waals surface area contributed by atoms with Crippen LogP contribution in [0.25, 0.3) is 22.4 Å². The van der Waals surface area contributed by atoms with Crippen LogP contribution in [0.15, 0.2) is 66.7 Å². The number of ketones is 1. The predicted molar refractivity (Wildman–Crippen MR) is 143 cm³/mol. The Hall–Kier alpha value is -4.01. The van der Waals surface area contributed by atoms with Gasteiger partial charge in [0.2, 0.25) is 0 Å². The van der Waals surface area contributed by atoms with E-state index in [0.29, 0.717) is 23.4 Å². The van der Waals surface area contributed by atoms with Crippen LogP contribution in [0.5, 0.6) is 0 Å². The summed E-state index contributed by atoms with van der Waals surface area (Å²) in [6, 6.07) is 20.7. The maximum Gasteiger partial charge on any atom is 0.251 e. The van der Waals surface area contributed by atoms with Crippen LogP contribution in [0.2, 0.25) is 0 Å². The number of fused-ring (bicyclic) bond motifs is 1. The molecule has 8 nitrogen and oxygen atoms in total. The van der Waals surface area contributed by atoms with Gasteiger partial charge in [0.05, 0.1) is 23.7 Å².